The lowest BCUT2D eigenvalue weighted by Gasteiger charge is -2.15. The maximum absolute atomic E-state index is 12.4. The van der Waals surface area contributed by atoms with Gasteiger partial charge in [-0.25, -0.2) is 4.79 Å². The van der Waals surface area contributed by atoms with Crippen molar-refractivity contribution in [1.82, 2.24) is 14.8 Å². The van der Waals surface area contributed by atoms with Crippen molar-refractivity contribution in [3.8, 4) is 0 Å². The second-order valence-electron chi connectivity index (χ2n) is 6.83. The number of hydrogen-bond acceptors (Lipinski definition) is 6. The lowest BCUT2D eigenvalue weighted by Crippen LogP contribution is -2.35. The number of ether oxygens (including phenoxy) is 1. The first kappa shape index (κ1) is 21.6. The Balaban J connectivity index is 1.52. The SMILES string of the molecule is Cn1cccc1C(=O)NC(=O)COC(=O)c1ccccc1SCC(=O)N1CCCC1. The molecule has 2 heterocycles. The number of esters is 1. The molecule has 1 aliphatic heterocycles. The number of aromatic nitrogens is 1. The van der Waals surface area contributed by atoms with Crippen molar-refractivity contribution in [3.63, 3.8) is 0 Å². The van der Waals surface area contributed by atoms with E-state index in [0.29, 0.717) is 10.6 Å². The maximum Gasteiger partial charge on any atom is 0.339 e. The summed E-state index contributed by atoms with van der Waals surface area (Å²) in [6, 6.07) is 10.0. The van der Waals surface area contributed by atoms with E-state index in [9.17, 15) is 19.2 Å². The summed E-state index contributed by atoms with van der Waals surface area (Å²) in [5.41, 5.74) is 0.595. The molecule has 0 spiro atoms. The van der Waals surface area contributed by atoms with E-state index in [4.69, 9.17) is 4.74 Å². The van der Waals surface area contributed by atoms with E-state index in [1.807, 2.05) is 4.90 Å². The van der Waals surface area contributed by atoms with E-state index >= 15 is 0 Å². The molecule has 1 N–H and O–H groups in total. The van der Waals surface area contributed by atoms with Gasteiger partial charge in [0.05, 0.1) is 11.3 Å². The molecular weight excluding hydrogens is 406 g/mol. The summed E-state index contributed by atoms with van der Waals surface area (Å²) in [6.45, 7) is 0.972. The predicted octanol–water partition coefficient (Wildman–Crippen LogP) is 1.85. The van der Waals surface area contributed by atoms with Crippen molar-refractivity contribution in [2.75, 3.05) is 25.4 Å². The third kappa shape index (κ3) is 5.50. The van der Waals surface area contributed by atoms with Crippen LogP contribution >= 0.6 is 11.8 Å². The van der Waals surface area contributed by atoms with Crippen LogP contribution in [0, 0.1) is 0 Å². The molecule has 0 bridgehead atoms. The Morgan fingerprint density at radius 1 is 1.07 bits per heavy atom. The number of hydrogen-bond donors (Lipinski definition) is 1. The predicted molar refractivity (Wildman–Crippen MR) is 111 cm³/mol. The number of imide groups is 1. The highest BCUT2D eigenvalue weighted by Crippen LogP contribution is 2.24. The molecule has 3 rings (SSSR count). The fourth-order valence-corrected chi connectivity index (χ4v) is 4.03. The van der Waals surface area contributed by atoms with Crippen molar-refractivity contribution < 1.29 is 23.9 Å². The number of thioether (sulfide) groups is 1. The van der Waals surface area contributed by atoms with Crippen LogP contribution in [-0.4, -0.2) is 58.6 Å². The van der Waals surface area contributed by atoms with Crippen LogP contribution < -0.4 is 5.32 Å². The van der Waals surface area contributed by atoms with Gasteiger partial charge in [-0.15, -0.1) is 11.8 Å². The normalized spacial score (nSPS) is 13.2. The van der Waals surface area contributed by atoms with Gasteiger partial charge in [0.25, 0.3) is 11.8 Å². The van der Waals surface area contributed by atoms with Crippen LogP contribution in [0.25, 0.3) is 0 Å². The third-order valence-electron chi connectivity index (χ3n) is 4.68. The molecule has 1 aliphatic rings. The first-order chi connectivity index (χ1) is 14.5. The molecule has 0 atom stereocenters. The molecule has 0 saturated carbocycles. The van der Waals surface area contributed by atoms with Crippen LogP contribution in [0.15, 0.2) is 47.5 Å². The quantitative estimate of drug-likeness (QED) is 0.533. The second-order valence-corrected chi connectivity index (χ2v) is 7.85. The molecule has 1 saturated heterocycles. The molecule has 2 aromatic rings. The number of carbonyl (C=O) groups excluding carboxylic acids is 4. The first-order valence-corrected chi connectivity index (χ1v) is 10.6. The average molecular weight is 429 g/mol. The van der Waals surface area contributed by atoms with Crippen LogP contribution in [0.4, 0.5) is 0 Å². The van der Waals surface area contributed by atoms with E-state index in [2.05, 4.69) is 5.32 Å². The van der Waals surface area contributed by atoms with Crippen LogP contribution in [-0.2, 0) is 21.4 Å². The zero-order chi connectivity index (χ0) is 21.5. The van der Waals surface area contributed by atoms with Gasteiger partial charge in [-0.3, -0.25) is 19.7 Å². The number of carbonyl (C=O) groups is 4. The van der Waals surface area contributed by atoms with E-state index in [0.717, 1.165) is 25.9 Å². The largest absolute Gasteiger partial charge is 0.452 e. The molecule has 0 unspecified atom stereocenters. The lowest BCUT2D eigenvalue weighted by molar-refractivity contribution is -0.127. The number of aryl methyl sites for hydroxylation is 1. The van der Waals surface area contributed by atoms with Crippen molar-refractivity contribution >= 4 is 35.5 Å². The highest BCUT2D eigenvalue weighted by molar-refractivity contribution is 8.00. The summed E-state index contributed by atoms with van der Waals surface area (Å²) < 4.78 is 6.64. The number of nitrogens with zero attached hydrogens (tertiary/aromatic N) is 2. The van der Waals surface area contributed by atoms with Crippen molar-refractivity contribution in [2.24, 2.45) is 7.05 Å². The molecule has 158 valence electrons. The third-order valence-corrected chi connectivity index (χ3v) is 5.74. The van der Waals surface area contributed by atoms with Crippen LogP contribution in [0.5, 0.6) is 0 Å². The molecule has 0 radical (unpaired) electrons. The average Bonchev–Trinajstić information content (AvgIpc) is 3.42. The Hall–Kier alpha value is -3.07. The Kier molecular flexibility index (Phi) is 7.29. The van der Waals surface area contributed by atoms with Crippen LogP contribution in [0.1, 0.15) is 33.7 Å². The van der Waals surface area contributed by atoms with Gasteiger partial charge in [0, 0.05) is 31.2 Å². The zero-order valence-electron chi connectivity index (χ0n) is 16.6. The molecule has 1 aromatic carbocycles. The highest BCUT2D eigenvalue weighted by Gasteiger charge is 2.20. The summed E-state index contributed by atoms with van der Waals surface area (Å²) in [6.07, 6.45) is 3.73. The summed E-state index contributed by atoms with van der Waals surface area (Å²) in [4.78, 5) is 51.1. The van der Waals surface area contributed by atoms with Gasteiger partial charge in [0.15, 0.2) is 6.61 Å². The first-order valence-electron chi connectivity index (χ1n) is 9.58. The van der Waals surface area contributed by atoms with Gasteiger partial charge in [0.1, 0.15) is 5.69 Å². The number of benzene rings is 1. The second kappa shape index (κ2) is 10.1. The minimum atomic E-state index is -0.719. The highest BCUT2D eigenvalue weighted by atomic mass is 32.2. The Morgan fingerprint density at radius 2 is 1.80 bits per heavy atom. The van der Waals surface area contributed by atoms with Gasteiger partial charge in [-0.1, -0.05) is 12.1 Å². The zero-order valence-corrected chi connectivity index (χ0v) is 17.4. The number of likely N-dealkylation sites (tertiary alicyclic amines) is 1. The minimum Gasteiger partial charge on any atom is -0.452 e. The summed E-state index contributed by atoms with van der Waals surface area (Å²) in [5, 5.41) is 2.18. The monoisotopic (exact) mass is 429 g/mol. The standard InChI is InChI=1S/C21H23N3O5S/c1-23-10-6-8-16(23)20(27)22-18(25)13-29-21(28)15-7-2-3-9-17(15)30-14-19(26)24-11-4-5-12-24/h2-3,6-10H,4-5,11-14H2,1H3,(H,22,25,27). The summed E-state index contributed by atoms with van der Waals surface area (Å²) in [7, 11) is 1.68. The Labute approximate surface area is 178 Å². The number of amides is 3. The van der Waals surface area contributed by atoms with E-state index in [1.165, 1.54) is 11.8 Å². The molecule has 8 nitrogen and oxygen atoms in total. The molecular formula is C21H23N3O5S. The molecule has 30 heavy (non-hydrogen) atoms. The maximum atomic E-state index is 12.4. The molecule has 0 aliphatic carbocycles. The minimum absolute atomic E-state index is 0.0410. The van der Waals surface area contributed by atoms with Gasteiger partial charge < -0.3 is 14.2 Å². The Morgan fingerprint density at radius 3 is 2.50 bits per heavy atom. The van der Waals surface area contributed by atoms with Crippen molar-refractivity contribution in [1.29, 1.82) is 0 Å². The van der Waals surface area contributed by atoms with Gasteiger partial charge in [-0.05, 0) is 37.1 Å². The number of nitrogens with one attached hydrogen (secondary N) is 1. The topological polar surface area (TPSA) is 97.7 Å². The van der Waals surface area contributed by atoms with Gasteiger partial charge in [0.2, 0.25) is 5.91 Å². The smallest absolute Gasteiger partial charge is 0.339 e. The summed E-state index contributed by atoms with van der Waals surface area (Å²) >= 11 is 1.27. The lowest BCUT2D eigenvalue weighted by atomic mass is 10.2. The Bertz CT molecular complexity index is 950. The molecule has 1 aromatic heterocycles. The van der Waals surface area contributed by atoms with Crippen LogP contribution in [0.2, 0.25) is 0 Å². The van der Waals surface area contributed by atoms with Crippen molar-refractivity contribution in [3.05, 3.63) is 53.9 Å². The van der Waals surface area contributed by atoms with Crippen LogP contribution in [0.3, 0.4) is 0 Å². The van der Waals surface area contributed by atoms with Crippen molar-refractivity contribution in [2.45, 2.75) is 17.7 Å². The van der Waals surface area contributed by atoms with E-state index in [1.54, 1.807) is 54.2 Å². The summed E-state index contributed by atoms with van der Waals surface area (Å²) in [5.74, 6) is -1.70. The fourth-order valence-electron chi connectivity index (χ4n) is 3.09. The fraction of sp³-hybridized carbons (Fsp3) is 0.333. The molecule has 3 amide bonds. The van der Waals surface area contributed by atoms with Gasteiger partial charge in [-0.2, -0.15) is 0 Å². The van der Waals surface area contributed by atoms with E-state index in [-0.39, 0.29) is 17.2 Å². The van der Waals surface area contributed by atoms with Gasteiger partial charge >= 0.3 is 5.97 Å². The van der Waals surface area contributed by atoms with E-state index < -0.39 is 24.4 Å². The molecule has 1 fully saturated rings. The molecule has 9 heteroatoms. The number of rotatable bonds is 7.